The summed E-state index contributed by atoms with van der Waals surface area (Å²) in [7, 11) is 3.42. The molecule has 0 aliphatic heterocycles. The molecule has 0 bridgehead atoms. The quantitative estimate of drug-likeness (QED) is 0.708. The third kappa shape index (κ3) is 3.08. The SMILES string of the molecule is Cc1ccc(C(C)C)c(OP=CP)c1. The van der Waals surface area contributed by atoms with Crippen molar-refractivity contribution >= 4 is 23.2 Å². The Balaban J connectivity index is 3.02. The summed E-state index contributed by atoms with van der Waals surface area (Å²) >= 11 is 0. The molecule has 0 saturated carbocycles. The van der Waals surface area contributed by atoms with Crippen LogP contribution in [0, 0.1) is 6.92 Å². The molecule has 76 valence electrons. The molecule has 1 nitrogen and oxygen atoms in total. The van der Waals surface area contributed by atoms with Crippen LogP contribution in [0.5, 0.6) is 5.75 Å². The summed E-state index contributed by atoms with van der Waals surface area (Å²) in [5.41, 5.74) is 4.42. The molecular weight excluding hydrogens is 210 g/mol. The van der Waals surface area contributed by atoms with Crippen LogP contribution in [0.15, 0.2) is 18.2 Å². The first-order chi connectivity index (χ1) is 6.65. The minimum absolute atomic E-state index is 0.505. The van der Waals surface area contributed by atoms with Gasteiger partial charge < -0.3 is 4.52 Å². The zero-order valence-electron chi connectivity index (χ0n) is 8.82. The first-order valence-electron chi connectivity index (χ1n) is 4.66. The molecule has 14 heavy (non-hydrogen) atoms. The minimum Gasteiger partial charge on any atom is -0.439 e. The molecule has 0 aromatic heterocycles. The van der Waals surface area contributed by atoms with Crippen molar-refractivity contribution in [1.82, 2.24) is 0 Å². The van der Waals surface area contributed by atoms with Gasteiger partial charge in [-0.25, -0.2) is 0 Å². The highest BCUT2D eigenvalue weighted by Crippen LogP contribution is 2.29. The van der Waals surface area contributed by atoms with Crippen LogP contribution in [0.2, 0.25) is 0 Å². The van der Waals surface area contributed by atoms with Crippen LogP contribution >= 0.6 is 17.7 Å². The topological polar surface area (TPSA) is 9.23 Å². The summed E-state index contributed by atoms with van der Waals surface area (Å²) in [4.78, 5) is 0. The van der Waals surface area contributed by atoms with E-state index in [1.165, 1.54) is 11.1 Å². The van der Waals surface area contributed by atoms with Gasteiger partial charge in [0, 0.05) is 0 Å². The summed E-state index contributed by atoms with van der Waals surface area (Å²) in [6.45, 7) is 6.44. The average molecular weight is 226 g/mol. The lowest BCUT2D eigenvalue weighted by atomic mass is 10.0. The number of aryl methyl sites for hydroxylation is 1. The molecule has 0 amide bonds. The fraction of sp³-hybridized carbons (Fsp3) is 0.364. The fourth-order valence-electron chi connectivity index (χ4n) is 1.28. The summed E-state index contributed by atoms with van der Waals surface area (Å²) in [5, 5.41) is 0. The second-order valence-electron chi connectivity index (χ2n) is 3.54. The maximum absolute atomic E-state index is 5.62. The number of benzene rings is 1. The first kappa shape index (κ1) is 11.7. The van der Waals surface area contributed by atoms with Crippen LogP contribution in [0.3, 0.4) is 0 Å². The predicted molar refractivity (Wildman–Crippen MR) is 68.6 cm³/mol. The van der Waals surface area contributed by atoms with Crippen LogP contribution in [-0.2, 0) is 0 Å². The standard InChI is InChI=1S/C11H16OP2/c1-8(2)10-5-4-9(3)6-11(10)12-14-7-13/h4-8H,13H2,1-3H3. The Morgan fingerprint density at radius 3 is 2.71 bits per heavy atom. The molecule has 0 N–H and O–H groups in total. The molecule has 0 aliphatic carbocycles. The van der Waals surface area contributed by atoms with Gasteiger partial charge in [0.25, 0.3) is 0 Å². The fourth-order valence-corrected chi connectivity index (χ4v) is 1.80. The first-order valence-corrected chi connectivity index (χ1v) is 6.21. The third-order valence-corrected chi connectivity index (χ3v) is 2.79. The van der Waals surface area contributed by atoms with Crippen molar-refractivity contribution in [2.45, 2.75) is 26.7 Å². The van der Waals surface area contributed by atoms with Gasteiger partial charge in [-0.15, -0.1) is 9.24 Å². The van der Waals surface area contributed by atoms with Gasteiger partial charge in [-0.05, 0) is 35.6 Å². The molecule has 0 fully saturated rings. The summed E-state index contributed by atoms with van der Waals surface area (Å²) in [5.74, 6) is 1.51. The molecule has 0 saturated heterocycles. The van der Waals surface area contributed by atoms with Crippen LogP contribution in [0.4, 0.5) is 0 Å². The zero-order chi connectivity index (χ0) is 10.6. The van der Waals surface area contributed by atoms with Crippen LogP contribution in [0.25, 0.3) is 0 Å². The van der Waals surface area contributed by atoms with Gasteiger partial charge in [0.15, 0.2) is 0 Å². The molecule has 0 heterocycles. The third-order valence-electron chi connectivity index (χ3n) is 2.00. The lowest BCUT2D eigenvalue weighted by Crippen LogP contribution is -1.91. The van der Waals surface area contributed by atoms with Crippen molar-refractivity contribution in [3.63, 3.8) is 0 Å². The van der Waals surface area contributed by atoms with E-state index in [4.69, 9.17) is 4.52 Å². The lowest BCUT2D eigenvalue weighted by molar-refractivity contribution is 0.621. The van der Waals surface area contributed by atoms with Crippen molar-refractivity contribution in [1.29, 1.82) is 0 Å². The Bertz CT molecular complexity index is 332. The largest absolute Gasteiger partial charge is 0.439 e. The van der Waals surface area contributed by atoms with Crippen molar-refractivity contribution in [3.05, 3.63) is 29.3 Å². The van der Waals surface area contributed by atoms with Gasteiger partial charge in [-0.2, -0.15) is 0 Å². The Morgan fingerprint density at radius 2 is 2.14 bits per heavy atom. The summed E-state index contributed by atoms with van der Waals surface area (Å²) in [6, 6.07) is 6.37. The highest BCUT2D eigenvalue weighted by Gasteiger charge is 2.06. The Morgan fingerprint density at radius 1 is 1.43 bits per heavy atom. The molecule has 0 spiro atoms. The summed E-state index contributed by atoms with van der Waals surface area (Å²) in [6.07, 6.45) is 0. The van der Waals surface area contributed by atoms with Crippen LogP contribution < -0.4 is 4.52 Å². The zero-order valence-corrected chi connectivity index (χ0v) is 10.9. The van der Waals surface area contributed by atoms with E-state index in [1.54, 1.807) is 0 Å². The van der Waals surface area contributed by atoms with Gasteiger partial charge in [0.05, 0.1) is 0 Å². The molecule has 0 radical (unpaired) electrons. The van der Waals surface area contributed by atoms with Crippen LogP contribution in [-0.4, -0.2) is 5.54 Å². The second kappa shape index (κ2) is 5.49. The Labute approximate surface area is 90.0 Å². The van der Waals surface area contributed by atoms with E-state index in [-0.39, 0.29) is 0 Å². The Hall–Kier alpha value is -0.380. The van der Waals surface area contributed by atoms with Gasteiger partial charge in [0.1, 0.15) is 14.2 Å². The van der Waals surface area contributed by atoms with Crippen molar-refractivity contribution < 1.29 is 4.52 Å². The molecule has 0 aliphatic rings. The predicted octanol–water partition coefficient (Wildman–Crippen LogP) is 3.99. The van der Waals surface area contributed by atoms with Crippen LogP contribution in [0.1, 0.15) is 30.9 Å². The number of hydrogen-bond acceptors (Lipinski definition) is 1. The average Bonchev–Trinajstić information content (AvgIpc) is 2.14. The monoisotopic (exact) mass is 226 g/mol. The molecule has 1 atom stereocenters. The van der Waals surface area contributed by atoms with Crippen molar-refractivity contribution in [3.8, 4) is 5.75 Å². The Kier molecular flexibility index (Phi) is 4.58. The van der Waals surface area contributed by atoms with E-state index < -0.39 is 0 Å². The van der Waals surface area contributed by atoms with E-state index in [0.29, 0.717) is 5.92 Å². The molecular formula is C11H16OP2. The van der Waals surface area contributed by atoms with E-state index in [2.05, 4.69) is 48.2 Å². The van der Waals surface area contributed by atoms with Gasteiger partial charge in [-0.1, -0.05) is 26.0 Å². The number of hydrogen-bond donors (Lipinski definition) is 0. The van der Waals surface area contributed by atoms with Gasteiger partial charge >= 0.3 is 0 Å². The van der Waals surface area contributed by atoms with E-state index in [1.807, 2.05) is 5.54 Å². The smallest absolute Gasteiger partial charge is 0.135 e. The van der Waals surface area contributed by atoms with Crippen molar-refractivity contribution in [2.75, 3.05) is 0 Å². The normalized spacial score (nSPS) is 11.2. The molecule has 1 rings (SSSR count). The van der Waals surface area contributed by atoms with E-state index in [0.717, 1.165) is 14.2 Å². The van der Waals surface area contributed by atoms with Crippen molar-refractivity contribution in [2.24, 2.45) is 0 Å². The number of rotatable bonds is 3. The minimum atomic E-state index is 0.505. The molecule has 1 aromatic carbocycles. The highest BCUT2D eigenvalue weighted by molar-refractivity contribution is 7.57. The maximum Gasteiger partial charge on any atom is 0.135 e. The highest BCUT2D eigenvalue weighted by atomic mass is 31.1. The molecule has 3 heteroatoms. The van der Waals surface area contributed by atoms with E-state index >= 15 is 0 Å². The van der Waals surface area contributed by atoms with Gasteiger partial charge in [0.2, 0.25) is 0 Å². The second-order valence-corrected chi connectivity index (χ2v) is 5.13. The molecule has 1 aromatic rings. The molecule has 1 unspecified atom stereocenters. The maximum atomic E-state index is 5.62. The van der Waals surface area contributed by atoms with E-state index in [9.17, 15) is 0 Å². The van der Waals surface area contributed by atoms with Gasteiger partial charge in [-0.3, -0.25) is 0 Å². The summed E-state index contributed by atoms with van der Waals surface area (Å²) < 4.78 is 5.62. The lowest BCUT2D eigenvalue weighted by Gasteiger charge is -2.11.